The van der Waals surface area contributed by atoms with E-state index in [0.717, 1.165) is 16.7 Å². The third-order valence-electron chi connectivity index (χ3n) is 6.74. The summed E-state index contributed by atoms with van der Waals surface area (Å²) in [5.41, 5.74) is 1.51. The third kappa shape index (κ3) is 8.47. The Kier molecular flexibility index (Phi) is 10.1. The Labute approximate surface area is 237 Å². The summed E-state index contributed by atoms with van der Waals surface area (Å²) in [4.78, 5) is 28.3. The lowest BCUT2D eigenvalue weighted by Gasteiger charge is -2.50. The number of esters is 1. The minimum Gasteiger partial charge on any atom is -0.598 e. The smallest absolute Gasteiger partial charge is 0.410 e. The molecule has 1 amide bonds. The maximum absolute atomic E-state index is 13.6. The van der Waals surface area contributed by atoms with Crippen molar-refractivity contribution in [2.45, 2.75) is 96.1 Å². The molecule has 1 saturated heterocycles. The van der Waals surface area contributed by atoms with Gasteiger partial charge in [-0.05, 0) is 84.4 Å². The van der Waals surface area contributed by atoms with E-state index < -0.39 is 39.4 Å². The molecule has 1 heterocycles. The van der Waals surface area contributed by atoms with Crippen molar-refractivity contribution in [2.24, 2.45) is 0 Å². The van der Waals surface area contributed by atoms with Crippen LogP contribution in [0, 0.1) is 0 Å². The van der Waals surface area contributed by atoms with Gasteiger partial charge in [-0.2, -0.15) is 0 Å². The molecule has 7 nitrogen and oxygen atoms in total. The van der Waals surface area contributed by atoms with Crippen LogP contribution >= 0.6 is 0 Å². The van der Waals surface area contributed by atoms with E-state index in [4.69, 9.17) is 9.47 Å². The van der Waals surface area contributed by atoms with E-state index in [-0.39, 0.29) is 19.0 Å². The number of nitrogens with zero attached hydrogens (tertiary/aromatic N) is 1. The van der Waals surface area contributed by atoms with Gasteiger partial charge in [0.25, 0.3) is 0 Å². The molecule has 2 aromatic rings. The van der Waals surface area contributed by atoms with Crippen LogP contribution in [0.3, 0.4) is 0 Å². The Morgan fingerprint density at radius 2 is 1.72 bits per heavy atom. The molecule has 1 aliphatic rings. The van der Waals surface area contributed by atoms with E-state index >= 15 is 0 Å². The van der Waals surface area contributed by atoms with Gasteiger partial charge in [0.15, 0.2) is 0 Å². The molecule has 1 fully saturated rings. The molecule has 0 aliphatic carbocycles. The Morgan fingerprint density at radius 1 is 1.05 bits per heavy atom. The Bertz CT molecular complexity index is 1110. The largest absolute Gasteiger partial charge is 0.598 e. The van der Waals surface area contributed by atoms with E-state index in [9.17, 15) is 14.1 Å². The quantitative estimate of drug-likeness (QED) is 0.315. The SMILES string of the molecule is CCOC(=O)CC1(N[S+]([O-])C(C)(C)C)CCCN(C(=O)OC(C)(C)C)C1Cc1cccc(-c2ccccc2)c1. The van der Waals surface area contributed by atoms with Crippen molar-refractivity contribution in [3.8, 4) is 11.1 Å². The fourth-order valence-corrected chi connectivity index (χ4v) is 5.92. The summed E-state index contributed by atoms with van der Waals surface area (Å²) >= 11 is -1.49. The molecule has 1 aliphatic heterocycles. The molecule has 0 bridgehead atoms. The summed E-state index contributed by atoms with van der Waals surface area (Å²) in [5.74, 6) is -0.384. The number of hydrogen-bond donors (Lipinski definition) is 1. The van der Waals surface area contributed by atoms with Crippen LogP contribution in [0.1, 0.15) is 73.3 Å². The molecule has 2 aromatic carbocycles. The van der Waals surface area contributed by atoms with Gasteiger partial charge in [-0.15, -0.1) is 4.72 Å². The molecule has 0 saturated carbocycles. The number of piperidine rings is 1. The first-order valence-electron chi connectivity index (χ1n) is 13.7. The fourth-order valence-electron chi connectivity index (χ4n) is 4.93. The van der Waals surface area contributed by atoms with Crippen LogP contribution in [0.25, 0.3) is 11.1 Å². The lowest BCUT2D eigenvalue weighted by atomic mass is 9.76. The third-order valence-corrected chi connectivity index (χ3v) is 8.45. The number of rotatable bonds is 8. The number of carbonyl (C=O) groups is 2. The van der Waals surface area contributed by atoms with Crippen LogP contribution in [0.2, 0.25) is 0 Å². The highest BCUT2D eigenvalue weighted by molar-refractivity contribution is 7.90. The Balaban J connectivity index is 2.09. The van der Waals surface area contributed by atoms with E-state index in [1.165, 1.54) is 0 Å². The lowest BCUT2D eigenvalue weighted by molar-refractivity contribution is -0.146. The first-order chi connectivity index (χ1) is 18.2. The predicted molar refractivity (Wildman–Crippen MR) is 157 cm³/mol. The molecule has 39 heavy (non-hydrogen) atoms. The number of nitrogens with one attached hydrogen (secondary N) is 1. The van der Waals surface area contributed by atoms with Crippen molar-refractivity contribution in [3.63, 3.8) is 0 Å². The molecule has 3 rings (SSSR count). The number of amides is 1. The zero-order chi connectivity index (χ0) is 28.8. The minimum absolute atomic E-state index is 0.00893. The maximum atomic E-state index is 13.6. The molecule has 0 radical (unpaired) electrons. The van der Waals surface area contributed by atoms with Gasteiger partial charge in [-0.3, -0.25) is 4.79 Å². The predicted octanol–water partition coefficient (Wildman–Crippen LogP) is 6.04. The average molecular weight is 557 g/mol. The van der Waals surface area contributed by atoms with Crippen LogP contribution < -0.4 is 4.72 Å². The van der Waals surface area contributed by atoms with E-state index in [0.29, 0.717) is 25.8 Å². The van der Waals surface area contributed by atoms with Gasteiger partial charge in [-0.25, -0.2) is 4.79 Å². The van der Waals surface area contributed by atoms with Crippen LogP contribution in [0.15, 0.2) is 54.6 Å². The van der Waals surface area contributed by atoms with Crippen LogP contribution in [-0.2, 0) is 32.1 Å². The zero-order valence-electron chi connectivity index (χ0n) is 24.4. The summed E-state index contributed by atoms with van der Waals surface area (Å²) in [6.45, 7) is 13.7. The van der Waals surface area contributed by atoms with Gasteiger partial charge in [0.1, 0.15) is 10.3 Å². The van der Waals surface area contributed by atoms with Crippen molar-refractivity contribution < 1.29 is 23.6 Å². The number of carbonyl (C=O) groups excluding carboxylic acids is 2. The highest BCUT2D eigenvalue weighted by Crippen LogP contribution is 2.37. The van der Waals surface area contributed by atoms with E-state index in [1.807, 2.05) is 71.9 Å². The normalized spacial score (nSPS) is 20.8. The van der Waals surface area contributed by atoms with Crippen molar-refractivity contribution >= 4 is 23.4 Å². The molecule has 214 valence electrons. The first-order valence-corrected chi connectivity index (χ1v) is 14.9. The minimum atomic E-state index is -1.49. The molecule has 3 unspecified atom stereocenters. The number of likely N-dealkylation sites (tertiary alicyclic amines) is 1. The Morgan fingerprint density at radius 3 is 2.33 bits per heavy atom. The van der Waals surface area contributed by atoms with Gasteiger partial charge in [0.05, 0.1) is 24.6 Å². The van der Waals surface area contributed by atoms with Crippen molar-refractivity contribution in [2.75, 3.05) is 13.2 Å². The number of ether oxygens (including phenoxy) is 2. The summed E-state index contributed by atoms with van der Waals surface area (Å²) in [6.07, 6.45) is 1.20. The summed E-state index contributed by atoms with van der Waals surface area (Å²) in [6, 6.07) is 17.8. The molecular weight excluding hydrogens is 512 g/mol. The fraction of sp³-hybridized carbons (Fsp3) is 0.548. The Hall–Kier alpha value is -2.55. The maximum Gasteiger partial charge on any atom is 0.410 e. The van der Waals surface area contributed by atoms with Crippen molar-refractivity contribution in [3.05, 3.63) is 60.2 Å². The van der Waals surface area contributed by atoms with Crippen LogP contribution in [0.5, 0.6) is 0 Å². The molecule has 0 aromatic heterocycles. The zero-order valence-corrected chi connectivity index (χ0v) is 25.2. The summed E-state index contributed by atoms with van der Waals surface area (Å²) < 4.78 is 27.5. The summed E-state index contributed by atoms with van der Waals surface area (Å²) in [7, 11) is 0. The van der Waals surface area contributed by atoms with Crippen molar-refractivity contribution in [1.82, 2.24) is 9.62 Å². The van der Waals surface area contributed by atoms with E-state index in [2.05, 4.69) is 29.0 Å². The highest BCUT2D eigenvalue weighted by atomic mass is 32.2. The van der Waals surface area contributed by atoms with Crippen molar-refractivity contribution in [1.29, 1.82) is 0 Å². The van der Waals surface area contributed by atoms with E-state index in [1.54, 1.807) is 11.8 Å². The highest BCUT2D eigenvalue weighted by Gasteiger charge is 2.52. The second-order valence-corrected chi connectivity index (χ2v) is 14.2. The second kappa shape index (κ2) is 12.7. The second-order valence-electron chi connectivity index (χ2n) is 12.2. The molecule has 8 heteroatoms. The number of benzene rings is 2. The molecular formula is C31H44N2O5S. The molecule has 1 N–H and O–H groups in total. The molecule has 3 atom stereocenters. The average Bonchev–Trinajstić information content (AvgIpc) is 2.84. The molecule has 0 spiro atoms. The number of hydrogen-bond acceptors (Lipinski definition) is 6. The monoisotopic (exact) mass is 556 g/mol. The summed E-state index contributed by atoms with van der Waals surface area (Å²) in [5, 5.41) is 0. The van der Waals surface area contributed by atoms with Gasteiger partial charge in [0.2, 0.25) is 0 Å². The first kappa shape index (κ1) is 31.0. The topological polar surface area (TPSA) is 90.9 Å². The van der Waals surface area contributed by atoms with Gasteiger partial charge < -0.3 is 18.9 Å². The van der Waals surface area contributed by atoms with Gasteiger partial charge >= 0.3 is 12.1 Å². The van der Waals surface area contributed by atoms with Gasteiger partial charge in [0, 0.05) is 17.9 Å². The van der Waals surface area contributed by atoms with Gasteiger partial charge in [-0.1, -0.05) is 54.6 Å². The van der Waals surface area contributed by atoms with Crippen LogP contribution in [0.4, 0.5) is 4.79 Å². The van der Waals surface area contributed by atoms with Crippen LogP contribution in [-0.4, -0.2) is 56.6 Å². The lowest BCUT2D eigenvalue weighted by Crippen LogP contribution is -2.69. The standard InChI is InChI=1S/C31H44N2O5S/c1-8-37-27(34)22-31(32-39(36)30(5,6)7)18-13-19-33(28(35)38-29(2,3)4)26(31)21-23-14-12-17-25(20-23)24-15-10-9-11-16-24/h9-12,14-17,20,26,32H,8,13,18-19,21-22H2,1-7H3.